The highest BCUT2D eigenvalue weighted by Gasteiger charge is 2.33. The average molecular weight is 314 g/mol. The van der Waals surface area contributed by atoms with Gasteiger partial charge in [-0.15, -0.1) is 0 Å². The van der Waals surface area contributed by atoms with Crippen LogP contribution in [0.1, 0.15) is 43.1 Å². The Labute approximate surface area is 135 Å². The van der Waals surface area contributed by atoms with Crippen molar-refractivity contribution >= 4 is 12.0 Å². The molecule has 2 unspecified atom stereocenters. The summed E-state index contributed by atoms with van der Waals surface area (Å²) in [7, 11) is 0. The van der Waals surface area contributed by atoms with E-state index >= 15 is 0 Å². The maximum Gasteiger partial charge on any atom is 0.329 e. The molecule has 0 bridgehead atoms. The van der Waals surface area contributed by atoms with E-state index in [2.05, 4.69) is 53.6 Å². The summed E-state index contributed by atoms with van der Waals surface area (Å²) in [6, 6.07) is 8.70. The third kappa shape index (κ3) is 3.36. The van der Waals surface area contributed by atoms with Crippen LogP contribution in [-0.2, 0) is 6.42 Å². The van der Waals surface area contributed by atoms with Crippen LogP contribution in [0.5, 0.6) is 0 Å². The Bertz CT molecular complexity index is 680. The highest BCUT2D eigenvalue weighted by Crippen LogP contribution is 2.32. The Morgan fingerprint density at radius 1 is 1.39 bits per heavy atom. The summed E-state index contributed by atoms with van der Waals surface area (Å²) >= 11 is 0. The molecular formula is C17H22N4O2. The highest BCUT2D eigenvalue weighted by molar-refractivity contribution is 5.87. The number of likely N-dealkylation sites (tertiary alicyclic amines) is 1. The Balaban J connectivity index is 1.65. The SMILES string of the molecule is CCc1noc(NC(=O)N2CC(c3ccc(C)cc3)CC2C)n1. The van der Waals surface area contributed by atoms with Gasteiger partial charge in [0.15, 0.2) is 5.82 Å². The van der Waals surface area contributed by atoms with E-state index in [0.29, 0.717) is 24.7 Å². The molecule has 1 aromatic heterocycles. The minimum absolute atomic E-state index is 0.165. The molecule has 23 heavy (non-hydrogen) atoms. The first-order valence-corrected chi connectivity index (χ1v) is 8.03. The Hall–Kier alpha value is -2.37. The zero-order valence-corrected chi connectivity index (χ0v) is 13.7. The summed E-state index contributed by atoms with van der Waals surface area (Å²) in [5, 5.41) is 6.48. The van der Waals surface area contributed by atoms with Gasteiger partial charge in [-0.25, -0.2) is 4.79 Å². The van der Waals surface area contributed by atoms with Crippen molar-refractivity contribution in [3.63, 3.8) is 0 Å². The number of nitrogens with one attached hydrogen (secondary N) is 1. The number of anilines is 1. The maximum absolute atomic E-state index is 12.4. The van der Waals surface area contributed by atoms with Crippen LogP contribution in [0.15, 0.2) is 28.8 Å². The van der Waals surface area contributed by atoms with E-state index in [1.165, 1.54) is 11.1 Å². The molecule has 1 saturated heterocycles. The van der Waals surface area contributed by atoms with E-state index in [0.717, 1.165) is 6.42 Å². The fourth-order valence-electron chi connectivity index (χ4n) is 3.01. The normalized spacial score (nSPS) is 20.7. The molecule has 2 heterocycles. The maximum atomic E-state index is 12.4. The van der Waals surface area contributed by atoms with Crippen LogP contribution in [-0.4, -0.2) is 33.7 Å². The monoisotopic (exact) mass is 314 g/mol. The number of carbonyl (C=O) groups excluding carboxylic acids is 1. The highest BCUT2D eigenvalue weighted by atomic mass is 16.5. The number of nitrogens with zero attached hydrogens (tertiary/aromatic N) is 3. The number of aromatic nitrogens is 2. The standard InChI is InChI=1S/C17H22N4O2/c1-4-15-18-16(23-20-15)19-17(22)21-10-14(9-12(21)3)13-7-5-11(2)6-8-13/h5-8,12,14H,4,9-10H2,1-3H3,(H,18,19,20,22). The number of amides is 2. The van der Waals surface area contributed by atoms with Gasteiger partial charge in [0.05, 0.1) is 0 Å². The van der Waals surface area contributed by atoms with Gasteiger partial charge >= 0.3 is 12.0 Å². The van der Waals surface area contributed by atoms with Crippen molar-refractivity contribution < 1.29 is 9.32 Å². The van der Waals surface area contributed by atoms with Crippen LogP contribution in [0.25, 0.3) is 0 Å². The summed E-state index contributed by atoms with van der Waals surface area (Å²) < 4.78 is 5.03. The van der Waals surface area contributed by atoms with Crippen molar-refractivity contribution in [3.05, 3.63) is 41.2 Å². The van der Waals surface area contributed by atoms with Crippen molar-refractivity contribution in [2.45, 2.75) is 45.6 Å². The first-order valence-electron chi connectivity index (χ1n) is 8.03. The van der Waals surface area contributed by atoms with E-state index in [1.807, 2.05) is 11.8 Å². The van der Waals surface area contributed by atoms with Crippen LogP contribution >= 0.6 is 0 Å². The molecule has 1 fully saturated rings. The molecule has 6 nitrogen and oxygen atoms in total. The van der Waals surface area contributed by atoms with Crippen molar-refractivity contribution in [1.82, 2.24) is 15.0 Å². The summed E-state index contributed by atoms with van der Waals surface area (Å²) in [5.74, 6) is 0.956. The smallest absolute Gasteiger partial charge is 0.321 e. The lowest BCUT2D eigenvalue weighted by atomic mass is 9.96. The van der Waals surface area contributed by atoms with Gasteiger partial charge in [0, 0.05) is 24.9 Å². The lowest BCUT2D eigenvalue weighted by Crippen LogP contribution is -2.37. The molecule has 6 heteroatoms. The second kappa shape index (κ2) is 6.40. The molecule has 0 spiro atoms. The molecule has 2 aromatic rings. The molecule has 122 valence electrons. The van der Waals surface area contributed by atoms with Gasteiger partial charge in [0.1, 0.15) is 0 Å². The van der Waals surface area contributed by atoms with E-state index in [-0.39, 0.29) is 18.1 Å². The number of hydrogen-bond acceptors (Lipinski definition) is 4. The predicted octanol–water partition coefficient (Wildman–Crippen LogP) is 3.35. The predicted molar refractivity (Wildman–Crippen MR) is 87.4 cm³/mol. The summed E-state index contributed by atoms with van der Waals surface area (Å²) in [6.45, 7) is 6.78. The zero-order valence-electron chi connectivity index (χ0n) is 13.7. The fraction of sp³-hybridized carbons (Fsp3) is 0.471. The lowest BCUT2D eigenvalue weighted by molar-refractivity contribution is 0.208. The largest absolute Gasteiger partial charge is 0.329 e. The van der Waals surface area contributed by atoms with E-state index in [1.54, 1.807) is 0 Å². The minimum Gasteiger partial charge on any atom is -0.321 e. The number of benzene rings is 1. The molecule has 2 atom stereocenters. The summed E-state index contributed by atoms with van der Waals surface area (Å²) in [5.41, 5.74) is 2.53. The van der Waals surface area contributed by atoms with Gasteiger partial charge in [0.25, 0.3) is 0 Å². The zero-order chi connectivity index (χ0) is 16.4. The summed E-state index contributed by atoms with van der Waals surface area (Å²) in [4.78, 5) is 18.4. The third-order valence-corrected chi connectivity index (χ3v) is 4.38. The number of aryl methyl sites for hydroxylation is 2. The van der Waals surface area contributed by atoms with Gasteiger partial charge < -0.3 is 9.42 Å². The first-order chi connectivity index (χ1) is 11.1. The first kappa shape index (κ1) is 15.5. The van der Waals surface area contributed by atoms with Crippen molar-refractivity contribution in [3.8, 4) is 0 Å². The van der Waals surface area contributed by atoms with Crippen LogP contribution in [0.2, 0.25) is 0 Å². The molecule has 0 aliphatic carbocycles. The van der Waals surface area contributed by atoms with Gasteiger partial charge in [-0.1, -0.05) is 41.9 Å². The van der Waals surface area contributed by atoms with Gasteiger partial charge in [-0.2, -0.15) is 4.98 Å². The van der Waals surface area contributed by atoms with Crippen molar-refractivity contribution in [1.29, 1.82) is 0 Å². The summed E-state index contributed by atoms with van der Waals surface area (Å²) in [6.07, 6.45) is 1.63. The van der Waals surface area contributed by atoms with Gasteiger partial charge in [-0.05, 0) is 25.8 Å². The van der Waals surface area contributed by atoms with Crippen molar-refractivity contribution in [2.24, 2.45) is 0 Å². The molecular weight excluding hydrogens is 292 g/mol. The number of carbonyl (C=O) groups is 1. The van der Waals surface area contributed by atoms with Crippen molar-refractivity contribution in [2.75, 3.05) is 11.9 Å². The Kier molecular flexibility index (Phi) is 4.32. The van der Waals surface area contributed by atoms with Crippen LogP contribution < -0.4 is 5.32 Å². The van der Waals surface area contributed by atoms with E-state index in [9.17, 15) is 4.79 Å². The third-order valence-electron chi connectivity index (χ3n) is 4.38. The second-order valence-corrected chi connectivity index (χ2v) is 6.14. The lowest BCUT2D eigenvalue weighted by Gasteiger charge is -2.20. The molecule has 3 rings (SSSR count). The molecule has 1 N–H and O–H groups in total. The van der Waals surface area contributed by atoms with E-state index < -0.39 is 0 Å². The Morgan fingerprint density at radius 2 is 2.13 bits per heavy atom. The molecule has 1 aliphatic rings. The average Bonchev–Trinajstić information content (AvgIpc) is 3.14. The number of urea groups is 1. The topological polar surface area (TPSA) is 71.3 Å². The molecule has 2 amide bonds. The molecule has 0 saturated carbocycles. The minimum atomic E-state index is -0.182. The van der Waals surface area contributed by atoms with Crippen LogP contribution in [0.3, 0.4) is 0 Å². The number of hydrogen-bond donors (Lipinski definition) is 1. The fourth-order valence-corrected chi connectivity index (χ4v) is 3.01. The van der Waals surface area contributed by atoms with Gasteiger partial charge in [0.2, 0.25) is 0 Å². The molecule has 1 aliphatic heterocycles. The Morgan fingerprint density at radius 3 is 2.78 bits per heavy atom. The molecule has 0 radical (unpaired) electrons. The molecule has 1 aromatic carbocycles. The quantitative estimate of drug-likeness (QED) is 0.943. The number of rotatable bonds is 3. The van der Waals surface area contributed by atoms with Gasteiger partial charge in [-0.3, -0.25) is 5.32 Å². The van der Waals surface area contributed by atoms with Crippen LogP contribution in [0, 0.1) is 6.92 Å². The second-order valence-electron chi connectivity index (χ2n) is 6.14. The van der Waals surface area contributed by atoms with Crippen LogP contribution in [0.4, 0.5) is 10.8 Å². The van der Waals surface area contributed by atoms with E-state index in [4.69, 9.17) is 4.52 Å².